The van der Waals surface area contributed by atoms with Crippen LogP contribution in [0, 0.1) is 11.3 Å². The minimum absolute atomic E-state index is 0.0472. The van der Waals surface area contributed by atoms with E-state index in [9.17, 15) is 14.7 Å². The second-order valence-electron chi connectivity index (χ2n) is 5.01. The molecule has 2 rings (SSSR count). The lowest BCUT2D eigenvalue weighted by molar-refractivity contribution is -0.141. The van der Waals surface area contributed by atoms with Gasteiger partial charge >= 0.3 is 12.0 Å². The molecule has 1 saturated heterocycles. The number of hydrogen-bond donors (Lipinski definition) is 2. The summed E-state index contributed by atoms with van der Waals surface area (Å²) in [4.78, 5) is 26.2. The maximum Gasteiger partial charge on any atom is 0.326 e. The van der Waals surface area contributed by atoms with Gasteiger partial charge < -0.3 is 20.0 Å². The number of amides is 2. The molecule has 1 aliphatic heterocycles. The molecule has 0 aromatic rings. The second-order valence-corrected chi connectivity index (χ2v) is 5.01. The third-order valence-corrected chi connectivity index (χ3v) is 3.51. The van der Waals surface area contributed by atoms with Gasteiger partial charge in [-0.2, -0.15) is 5.26 Å². The molecule has 1 heterocycles. The molecule has 0 spiro atoms. The maximum absolute atomic E-state index is 12.4. The van der Waals surface area contributed by atoms with E-state index < -0.39 is 18.1 Å². The highest BCUT2D eigenvalue weighted by molar-refractivity contribution is 5.83. The van der Waals surface area contributed by atoms with Gasteiger partial charge in [0, 0.05) is 25.6 Å². The quantitative estimate of drug-likeness (QED) is 0.746. The molecule has 7 nitrogen and oxygen atoms in total. The van der Waals surface area contributed by atoms with Crippen LogP contribution >= 0.6 is 0 Å². The lowest BCUT2D eigenvalue weighted by Gasteiger charge is -2.29. The molecule has 2 amide bonds. The molecule has 1 saturated carbocycles. The number of carbonyl (C=O) groups excluding carboxylic acids is 1. The zero-order valence-electron chi connectivity index (χ0n) is 10.5. The molecule has 0 aromatic carbocycles. The zero-order chi connectivity index (χ0) is 14.0. The predicted octanol–water partition coefficient (Wildman–Crippen LogP) is 0.00428. The third-order valence-electron chi connectivity index (χ3n) is 3.51. The molecular formula is C12H17N3O4. The monoisotopic (exact) mass is 267 g/mol. The summed E-state index contributed by atoms with van der Waals surface area (Å²) in [5.74, 6) is -1.10. The number of nitrogens with zero attached hydrogens (tertiary/aromatic N) is 3. The topological polar surface area (TPSA) is 105 Å². The molecule has 1 aliphatic carbocycles. The van der Waals surface area contributed by atoms with Gasteiger partial charge in [-0.3, -0.25) is 0 Å². The van der Waals surface area contributed by atoms with Crippen molar-refractivity contribution < 1.29 is 19.8 Å². The highest BCUT2D eigenvalue weighted by Gasteiger charge is 2.43. The minimum Gasteiger partial charge on any atom is -0.480 e. The number of aliphatic hydroxyl groups is 1. The SMILES string of the molecule is N#CCCN(C(=O)N1CC(O)CC1C(=O)O)C1CC1. The van der Waals surface area contributed by atoms with Crippen molar-refractivity contribution in [3.05, 3.63) is 0 Å². The summed E-state index contributed by atoms with van der Waals surface area (Å²) >= 11 is 0. The highest BCUT2D eigenvalue weighted by Crippen LogP contribution is 2.30. The van der Waals surface area contributed by atoms with E-state index in [1.54, 1.807) is 4.90 Å². The van der Waals surface area contributed by atoms with Crippen LogP contribution in [0.1, 0.15) is 25.7 Å². The normalized spacial score (nSPS) is 26.0. The molecule has 0 aromatic heterocycles. The van der Waals surface area contributed by atoms with Crippen LogP contribution in [-0.2, 0) is 4.79 Å². The number of carboxylic acid groups (broad SMARTS) is 1. The van der Waals surface area contributed by atoms with Gasteiger partial charge in [-0.05, 0) is 12.8 Å². The predicted molar refractivity (Wildman–Crippen MR) is 64.1 cm³/mol. The lowest BCUT2D eigenvalue weighted by Crippen LogP contribution is -2.49. The Bertz CT molecular complexity index is 416. The third kappa shape index (κ3) is 2.96. The van der Waals surface area contributed by atoms with Gasteiger partial charge in [-0.15, -0.1) is 0 Å². The fraction of sp³-hybridized carbons (Fsp3) is 0.750. The minimum atomic E-state index is -1.10. The van der Waals surface area contributed by atoms with Crippen molar-refractivity contribution in [3.63, 3.8) is 0 Å². The van der Waals surface area contributed by atoms with Gasteiger partial charge in [0.2, 0.25) is 0 Å². The number of β-amino-alcohol motifs (C(OH)–C–C–N with tert-alkyl or cyclic N) is 1. The molecule has 2 aliphatic rings. The van der Waals surface area contributed by atoms with Crippen LogP contribution in [0.4, 0.5) is 4.79 Å². The van der Waals surface area contributed by atoms with Crippen LogP contribution in [-0.4, -0.2) is 63.3 Å². The molecule has 0 bridgehead atoms. The number of rotatable bonds is 4. The first-order chi connectivity index (χ1) is 9.04. The molecule has 7 heteroatoms. The van der Waals surface area contributed by atoms with E-state index >= 15 is 0 Å². The Labute approximate surface area is 111 Å². The van der Waals surface area contributed by atoms with Gasteiger partial charge in [0.05, 0.1) is 18.6 Å². The first kappa shape index (κ1) is 13.6. The van der Waals surface area contributed by atoms with Gasteiger partial charge in [-0.25, -0.2) is 9.59 Å². The Morgan fingerprint density at radius 1 is 1.42 bits per heavy atom. The molecule has 2 unspecified atom stereocenters. The number of hydrogen-bond acceptors (Lipinski definition) is 4. The lowest BCUT2D eigenvalue weighted by atomic mass is 10.2. The van der Waals surface area contributed by atoms with Crippen LogP contribution in [0.15, 0.2) is 0 Å². The van der Waals surface area contributed by atoms with Crippen molar-refractivity contribution in [3.8, 4) is 6.07 Å². The smallest absolute Gasteiger partial charge is 0.326 e. The van der Waals surface area contributed by atoms with Crippen molar-refractivity contribution in [2.24, 2.45) is 0 Å². The largest absolute Gasteiger partial charge is 0.480 e. The first-order valence-electron chi connectivity index (χ1n) is 6.39. The number of likely N-dealkylation sites (tertiary alicyclic amines) is 1. The Hall–Kier alpha value is -1.81. The number of nitriles is 1. The number of carboxylic acids is 1. The van der Waals surface area contributed by atoms with Crippen LogP contribution in [0.2, 0.25) is 0 Å². The standard InChI is InChI=1S/C12H17N3O4/c13-4-1-5-14(8-2-3-8)12(19)15-7-9(16)6-10(15)11(17)18/h8-10,16H,1-3,5-7H2,(H,17,18). The summed E-state index contributed by atoms with van der Waals surface area (Å²) in [7, 11) is 0. The summed E-state index contributed by atoms with van der Waals surface area (Å²) in [5.41, 5.74) is 0. The van der Waals surface area contributed by atoms with E-state index in [0.717, 1.165) is 12.8 Å². The van der Waals surface area contributed by atoms with Crippen molar-refractivity contribution in [1.82, 2.24) is 9.80 Å². The Morgan fingerprint density at radius 3 is 2.63 bits per heavy atom. The molecule has 19 heavy (non-hydrogen) atoms. The van der Waals surface area contributed by atoms with E-state index in [-0.39, 0.29) is 31.5 Å². The summed E-state index contributed by atoms with van der Waals surface area (Å²) in [6.45, 7) is 0.366. The summed E-state index contributed by atoms with van der Waals surface area (Å²) < 4.78 is 0. The molecule has 2 atom stereocenters. The van der Waals surface area contributed by atoms with Crippen molar-refractivity contribution >= 4 is 12.0 Å². The van der Waals surface area contributed by atoms with Gasteiger partial charge in [0.15, 0.2) is 0 Å². The average Bonchev–Trinajstić information content (AvgIpc) is 3.11. The molecule has 0 radical (unpaired) electrons. The van der Waals surface area contributed by atoms with E-state index in [1.807, 2.05) is 6.07 Å². The molecular weight excluding hydrogens is 250 g/mol. The van der Waals surface area contributed by atoms with Crippen molar-refractivity contribution in [1.29, 1.82) is 5.26 Å². The van der Waals surface area contributed by atoms with Crippen LogP contribution in [0.3, 0.4) is 0 Å². The average molecular weight is 267 g/mol. The second kappa shape index (κ2) is 5.45. The Balaban J connectivity index is 2.07. The van der Waals surface area contributed by atoms with Crippen molar-refractivity contribution in [2.75, 3.05) is 13.1 Å². The highest BCUT2D eigenvalue weighted by atomic mass is 16.4. The van der Waals surface area contributed by atoms with Gasteiger partial charge in [-0.1, -0.05) is 0 Å². The Morgan fingerprint density at radius 2 is 2.11 bits per heavy atom. The number of aliphatic carboxylic acids is 1. The van der Waals surface area contributed by atoms with Gasteiger partial charge in [0.1, 0.15) is 6.04 Å². The first-order valence-corrected chi connectivity index (χ1v) is 6.39. The number of carbonyl (C=O) groups is 2. The fourth-order valence-electron chi connectivity index (χ4n) is 2.42. The van der Waals surface area contributed by atoms with Crippen LogP contribution in [0.25, 0.3) is 0 Å². The van der Waals surface area contributed by atoms with Crippen LogP contribution < -0.4 is 0 Å². The van der Waals surface area contributed by atoms with E-state index in [0.29, 0.717) is 6.54 Å². The van der Waals surface area contributed by atoms with E-state index in [4.69, 9.17) is 10.4 Å². The van der Waals surface area contributed by atoms with Crippen LogP contribution in [0.5, 0.6) is 0 Å². The van der Waals surface area contributed by atoms with E-state index in [2.05, 4.69) is 0 Å². The molecule has 2 N–H and O–H groups in total. The van der Waals surface area contributed by atoms with Gasteiger partial charge in [0.25, 0.3) is 0 Å². The zero-order valence-corrected chi connectivity index (χ0v) is 10.5. The van der Waals surface area contributed by atoms with Crippen molar-refractivity contribution in [2.45, 2.75) is 43.9 Å². The maximum atomic E-state index is 12.4. The summed E-state index contributed by atoms with van der Waals surface area (Å²) in [6, 6.07) is 0.769. The summed E-state index contributed by atoms with van der Waals surface area (Å²) in [5, 5.41) is 27.2. The van der Waals surface area contributed by atoms with E-state index in [1.165, 1.54) is 4.90 Å². The summed E-state index contributed by atoms with van der Waals surface area (Å²) in [6.07, 6.45) is 1.30. The fourth-order valence-corrected chi connectivity index (χ4v) is 2.42. The number of aliphatic hydroxyl groups excluding tert-OH is 1. The molecule has 2 fully saturated rings. The number of urea groups is 1. The molecule has 104 valence electrons. The Kier molecular flexibility index (Phi) is 3.90.